The van der Waals surface area contributed by atoms with Crippen LogP contribution in [0.4, 0.5) is 0 Å². The predicted octanol–water partition coefficient (Wildman–Crippen LogP) is 2.72. The van der Waals surface area contributed by atoms with Gasteiger partial charge in [0.15, 0.2) is 0 Å². The maximum atomic E-state index is 11.4. The van der Waals surface area contributed by atoms with Crippen LogP contribution in [0.2, 0.25) is 0 Å². The van der Waals surface area contributed by atoms with Crippen LogP contribution in [-0.4, -0.2) is 25.2 Å². The highest BCUT2D eigenvalue weighted by Gasteiger charge is 2.07. The van der Waals surface area contributed by atoms with Gasteiger partial charge in [0.2, 0.25) is 0 Å². The number of carbonyl (C=O) groups is 2. The van der Waals surface area contributed by atoms with Gasteiger partial charge in [0.25, 0.3) is 0 Å². The van der Waals surface area contributed by atoms with E-state index in [9.17, 15) is 9.59 Å². The Balaban J connectivity index is 3.77. The summed E-state index contributed by atoms with van der Waals surface area (Å²) in [5, 5.41) is 0. The molecular weight excluding hydrogens is 248 g/mol. The van der Waals surface area contributed by atoms with Crippen LogP contribution in [0.25, 0.3) is 0 Å². The summed E-state index contributed by atoms with van der Waals surface area (Å²) in [7, 11) is 0. The van der Waals surface area contributed by atoms with Crippen molar-refractivity contribution in [1.82, 2.24) is 0 Å². The van der Waals surface area contributed by atoms with Gasteiger partial charge < -0.3 is 4.74 Å². The predicted molar refractivity (Wildman–Crippen MR) is 71.1 cm³/mol. The van der Waals surface area contributed by atoms with Gasteiger partial charge >= 0.3 is 11.9 Å². The van der Waals surface area contributed by atoms with Crippen molar-refractivity contribution in [1.29, 1.82) is 0 Å². The standard InChI is InChI=1S/C14H22O5/c1-5-7-11(3)13(15)17-9-10-18-19-14(16)12(4)8-6-2/h7-8H,5-6,9-10H2,1-4H3/b11-7+,12-8+. The van der Waals surface area contributed by atoms with Crippen molar-refractivity contribution in [3.63, 3.8) is 0 Å². The van der Waals surface area contributed by atoms with Crippen LogP contribution in [0.15, 0.2) is 23.3 Å². The van der Waals surface area contributed by atoms with Gasteiger partial charge in [0, 0.05) is 11.1 Å². The monoisotopic (exact) mass is 270 g/mol. The molecule has 108 valence electrons. The van der Waals surface area contributed by atoms with Crippen LogP contribution in [-0.2, 0) is 24.1 Å². The van der Waals surface area contributed by atoms with Gasteiger partial charge in [0.05, 0.1) is 0 Å². The minimum absolute atomic E-state index is 0.0102. The van der Waals surface area contributed by atoms with Crippen molar-refractivity contribution < 1.29 is 24.1 Å². The Kier molecular flexibility index (Phi) is 9.44. The van der Waals surface area contributed by atoms with Crippen molar-refractivity contribution in [2.75, 3.05) is 13.2 Å². The first-order valence-electron chi connectivity index (χ1n) is 6.37. The van der Waals surface area contributed by atoms with E-state index in [1.165, 1.54) is 0 Å². The molecule has 0 aliphatic rings. The van der Waals surface area contributed by atoms with Gasteiger partial charge in [-0.3, -0.25) is 4.89 Å². The second kappa shape index (κ2) is 10.3. The molecule has 0 unspecified atom stereocenters. The number of hydrogen-bond donors (Lipinski definition) is 0. The first-order valence-corrected chi connectivity index (χ1v) is 6.37. The van der Waals surface area contributed by atoms with E-state index in [-0.39, 0.29) is 19.2 Å². The molecule has 19 heavy (non-hydrogen) atoms. The topological polar surface area (TPSA) is 61.8 Å². The molecule has 0 bridgehead atoms. The van der Waals surface area contributed by atoms with Gasteiger partial charge in [-0.05, 0) is 26.7 Å². The molecule has 0 fully saturated rings. The summed E-state index contributed by atoms with van der Waals surface area (Å²) in [6, 6.07) is 0. The van der Waals surface area contributed by atoms with E-state index < -0.39 is 5.97 Å². The number of ether oxygens (including phenoxy) is 1. The molecule has 0 rings (SSSR count). The molecule has 5 nitrogen and oxygen atoms in total. The van der Waals surface area contributed by atoms with E-state index in [1.807, 2.05) is 13.8 Å². The smallest absolute Gasteiger partial charge is 0.368 e. The fraction of sp³-hybridized carbons (Fsp3) is 0.571. The minimum atomic E-state index is -0.532. The SMILES string of the molecule is CC/C=C(\C)C(=O)OCCOOC(=O)/C(C)=C/CC. The number of allylic oxidation sites excluding steroid dienone is 2. The highest BCUT2D eigenvalue weighted by atomic mass is 17.2. The van der Waals surface area contributed by atoms with Crippen LogP contribution in [0.1, 0.15) is 40.5 Å². The molecule has 5 heteroatoms. The highest BCUT2D eigenvalue weighted by Crippen LogP contribution is 2.00. The van der Waals surface area contributed by atoms with E-state index in [4.69, 9.17) is 4.74 Å². The largest absolute Gasteiger partial charge is 0.460 e. The van der Waals surface area contributed by atoms with Crippen LogP contribution < -0.4 is 0 Å². The molecule has 0 aliphatic heterocycles. The third-order valence-electron chi connectivity index (χ3n) is 2.20. The average Bonchev–Trinajstić information content (AvgIpc) is 2.38. The fourth-order valence-corrected chi connectivity index (χ4v) is 1.22. The Labute approximate surface area is 114 Å². The summed E-state index contributed by atoms with van der Waals surface area (Å²) in [5.74, 6) is -0.922. The summed E-state index contributed by atoms with van der Waals surface area (Å²) >= 11 is 0. The zero-order chi connectivity index (χ0) is 14.7. The summed E-state index contributed by atoms with van der Waals surface area (Å²) in [6.07, 6.45) is 5.05. The maximum absolute atomic E-state index is 11.4. The van der Waals surface area contributed by atoms with E-state index >= 15 is 0 Å². The van der Waals surface area contributed by atoms with Crippen molar-refractivity contribution in [3.05, 3.63) is 23.3 Å². The molecule has 0 spiro atoms. The molecular formula is C14H22O5. The van der Waals surface area contributed by atoms with Crippen molar-refractivity contribution in [3.8, 4) is 0 Å². The Morgan fingerprint density at radius 3 is 1.95 bits per heavy atom. The minimum Gasteiger partial charge on any atom is -0.460 e. The Hall–Kier alpha value is -1.62. The molecule has 0 aromatic rings. The third-order valence-corrected chi connectivity index (χ3v) is 2.20. The number of carbonyl (C=O) groups excluding carboxylic acids is 2. The lowest BCUT2D eigenvalue weighted by molar-refractivity contribution is -0.271. The second-order valence-electron chi connectivity index (χ2n) is 3.92. The molecule has 0 aromatic heterocycles. The summed E-state index contributed by atoms with van der Waals surface area (Å²) in [4.78, 5) is 31.9. The number of hydrogen-bond acceptors (Lipinski definition) is 5. The second-order valence-corrected chi connectivity index (χ2v) is 3.92. The molecule has 0 saturated carbocycles. The van der Waals surface area contributed by atoms with E-state index in [0.29, 0.717) is 11.1 Å². The van der Waals surface area contributed by atoms with Gasteiger partial charge in [0.1, 0.15) is 13.2 Å². The Morgan fingerprint density at radius 1 is 0.895 bits per heavy atom. The van der Waals surface area contributed by atoms with E-state index in [1.54, 1.807) is 26.0 Å². The van der Waals surface area contributed by atoms with E-state index in [2.05, 4.69) is 9.78 Å². The lowest BCUT2D eigenvalue weighted by atomic mass is 10.2. The first-order chi connectivity index (χ1) is 9.02. The zero-order valence-electron chi connectivity index (χ0n) is 12.0. The molecule has 0 aromatic carbocycles. The van der Waals surface area contributed by atoms with Crippen LogP contribution in [0.3, 0.4) is 0 Å². The molecule has 0 heterocycles. The fourth-order valence-electron chi connectivity index (χ4n) is 1.22. The lowest BCUT2D eigenvalue weighted by Crippen LogP contribution is -2.14. The highest BCUT2D eigenvalue weighted by molar-refractivity contribution is 5.87. The van der Waals surface area contributed by atoms with Gasteiger partial charge in [-0.2, -0.15) is 4.89 Å². The van der Waals surface area contributed by atoms with Crippen molar-refractivity contribution in [2.45, 2.75) is 40.5 Å². The molecule has 0 radical (unpaired) electrons. The first kappa shape index (κ1) is 17.4. The average molecular weight is 270 g/mol. The number of esters is 1. The molecule has 0 amide bonds. The summed E-state index contributed by atoms with van der Waals surface area (Å²) in [6.45, 7) is 7.24. The Morgan fingerprint density at radius 2 is 1.42 bits per heavy atom. The Bertz CT molecular complexity index is 321. The summed E-state index contributed by atoms with van der Waals surface area (Å²) < 4.78 is 4.91. The number of rotatable bonds is 8. The van der Waals surface area contributed by atoms with E-state index in [0.717, 1.165) is 12.8 Å². The van der Waals surface area contributed by atoms with Crippen LogP contribution in [0.5, 0.6) is 0 Å². The zero-order valence-corrected chi connectivity index (χ0v) is 12.0. The lowest BCUT2D eigenvalue weighted by Gasteiger charge is -2.05. The molecule has 0 saturated heterocycles. The quantitative estimate of drug-likeness (QED) is 0.223. The maximum Gasteiger partial charge on any atom is 0.368 e. The van der Waals surface area contributed by atoms with Gasteiger partial charge in [-0.15, -0.1) is 0 Å². The third kappa shape index (κ3) is 8.15. The normalized spacial score (nSPS) is 12.2. The van der Waals surface area contributed by atoms with Crippen LogP contribution >= 0.6 is 0 Å². The van der Waals surface area contributed by atoms with Crippen molar-refractivity contribution >= 4 is 11.9 Å². The molecule has 0 aliphatic carbocycles. The van der Waals surface area contributed by atoms with Crippen LogP contribution in [0, 0.1) is 0 Å². The summed E-state index contributed by atoms with van der Waals surface area (Å²) in [5.41, 5.74) is 1.04. The van der Waals surface area contributed by atoms with Gasteiger partial charge in [-0.25, -0.2) is 9.59 Å². The van der Waals surface area contributed by atoms with Gasteiger partial charge in [-0.1, -0.05) is 26.0 Å². The molecule has 0 atom stereocenters. The molecule has 0 N–H and O–H groups in total. The van der Waals surface area contributed by atoms with Crippen molar-refractivity contribution in [2.24, 2.45) is 0 Å².